The minimum atomic E-state index is 0.124. The molecule has 2 fully saturated rings. The molecule has 5 nitrogen and oxygen atoms in total. The van der Waals surface area contributed by atoms with E-state index in [1.807, 2.05) is 54.2 Å². The lowest BCUT2D eigenvalue weighted by molar-refractivity contribution is -0.131. The Morgan fingerprint density at radius 1 is 1.12 bits per heavy atom. The lowest BCUT2D eigenvalue weighted by atomic mass is 9.82. The highest BCUT2D eigenvalue weighted by Crippen LogP contribution is 2.32. The molecule has 1 aromatic carbocycles. The molecule has 136 valence electrons. The molecule has 2 atom stereocenters. The summed E-state index contributed by atoms with van der Waals surface area (Å²) in [7, 11) is 4.07. The molecule has 2 heterocycles. The van der Waals surface area contributed by atoms with Crippen molar-refractivity contribution in [2.75, 3.05) is 46.8 Å². The fourth-order valence-electron chi connectivity index (χ4n) is 3.98. The van der Waals surface area contributed by atoms with Crippen molar-refractivity contribution in [3.63, 3.8) is 0 Å². The molecule has 2 aliphatic rings. The first kappa shape index (κ1) is 17.9. The van der Waals surface area contributed by atoms with Gasteiger partial charge in [0, 0.05) is 44.7 Å². The molecular formula is C20H29N3O2. The molecule has 0 saturated carbocycles. The molecule has 0 aromatic heterocycles. The van der Waals surface area contributed by atoms with E-state index in [4.69, 9.17) is 0 Å². The summed E-state index contributed by atoms with van der Waals surface area (Å²) in [6, 6.07) is 9.52. The summed E-state index contributed by atoms with van der Waals surface area (Å²) in [5.41, 5.74) is 0.762. The molecule has 2 saturated heterocycles. The van der Waals surface area contributed by atoms with Crippen molar-refractivity contribution in [3.8, 4) is 0 Å². The maximum Gasteiger partial charge on any atom is 0.253 e. The molecule has 2 amide bonds. The van der Waals surface area contributed by atoms with Gasteiger partial charge in [-0.05, 0) is 50.9 Å². The summed E-state index contributed by atoms with van der Waals surface area (Å²) in [6.07, 6.45) is 2.59. The monoisotopic (exact) mass is 343 g/mol. The number of rotatable bonds is 4. The molecular weight excluding hydrogens is 314 g/mol. The van der Waals surface area contributed by atoms with Gasteiger partial charge in [0.1, 0.15) is 0 Å². The second kappa shape index (κ2) is 8.00. The molecule has 0 unspecified atom stereocenters. The van der Waals surface area contributed by atoms with Gasteiger partial charge in [-0.1, -0.05) is 18.2 Å². The molecule has 5 heteroatoms. The molecule has 0 N–H and O–H groups in total. The molecule has 3 rings (SSSR count). The summed E-state index contributed by atoms with van der Waals surface area (Å²) in [4.78, 5) is 31.4. The number of carbonyl (C=O) groups is 2. The minimum Gasteiger partial charge on any atom is -0.341 e. The van der Waals surface area contributed by atoms with Crippen molar-refractivity contribution < 1.29 is 9.59 Å². The Morgan fingerprint density at radius 3 is 2.56 bits per heavy atom. The number of hydrogen-bond donors (Lipinski definition) is 0. The smallest absolute Gasteiger partial charge is 0.253 e. The fraction of sp³-hybridized carbons (Fsp3) is 0.600. The quantitative estimate of drug-likeness (QED) is 0.839. The summed E-state index contributed by atoms with van der Waals surface area (Å²) in [5, 5.41) is 0. The van der Waals surface area contributed by atoms with Gasteiger partial charge in [-0.2, -0.15) is 0 Å². The van der Waals surface area contributed by atoms with Crippen LogP contribution in [0.5, 0.6) is 0 Å². The van der Waals surface area contributed by atoms with E-state index in [9.17, 15) is 9.59 Å². The predicted molar refractivity (Wildman–Crippen MR) is 98.3 cm³/mol. The third kappa shape index (κ3) is 4.40. The molecule has 2 aliphatic heterocycles. The van der Waals surface area contributed by atoms with Gasteiger partial charge in [-0.15, -0.1) is 0 Å². The van der Waals surface area contributed by atoms with Crippen LogP contribution in [0.1, 0.15) is 29.6 Å². The van der Waals surface area contributed by atoms with Gasteiger partial charge in [-0.3, -0.25) is 9.59 Å². The first-order valence-corrected chi connectivity index (χ1v) is 9.31. The maximum absolute atomic E-state index is 12.7. The van der Waals surface area contributed by atoms with Gasteiger partial charge >= 0.3 is 0 Å². The molecule has 0 radical (unpaired) electrons. The molecule has 25 heavy (non-hydrogen) atoms. The fourth-order valence-corrected chi connectivity index (χ4v) is 3.98. The number of carbonyl (C=O) groups excluding carboxylic acids is 2. The van der Waals surface area contributed by atoms with E-state index >= 15 is 0 Å². The van der Waals surface area contributed by atoms with Gasteiger partial charge < -0.3 is 14.7 Å². The highest BCUT2D eigenvalue weighted by atomic mass is 16.2. The number of fused-ring (bicyclic) bond motifs is 1. The van der Waals surface area contributed by atoms with Crippen molar-refractivity contribution >= 4 is 11.8 Å². The van der Waals surface area contributed by atoms with E-state index in [2.05, 4.69) is 4.90 Å². The van der Waals surface area contributed by atoms with Crippen molar-refractivity contribution in [1.82, 2.24) is 14.7 Å². The van der Waals surface area contributed by atoms with Crippen molar-refractivity contribution in [2.24, 2.45) is 11.8 Å². The second-order valence-corrected chi connectivity index (χ2v) is 7.60. The average molecular weight is 343 g/mol. The van der Waals surface area contributed by atoms with E-state index in [1.165, 1.54) is 0 Å². The number of likely N-dealkylation sites (N-methyl/N-ethyl adjacent to an activating group) is 1. The normalized spacial score (nSPS) is 24.2. The van der Waals surface area contributed by atoms with Gasteiger partial charge in [0.05, 0.1) is 0 Å². The Kier molecular flexibility index (Phi) is 5.74. The maximum atomic E-state index is 12.7. The number of likely N-dealkylation sites (tertiary alicyclic amines) is 2. The Labute approximate surface area is 150 Å². The molecule has 0 spiro atoms. The number of benzene rings is 1. The Hall–Kier alpha value is -1.88. The van der Waals surface area contributed by atoms with Gasteiger partial charge in [0.15, 0.2) is 0 Å². The highest BCUT2D eigenvalue weighted by Gasteiger charge is 2.36. The van der Waals surface area contributed by atoms with Gasteiger partial charge in [0.25, 0.3) is 5.91 Å². The van der Waals surface area contributed by atoms with Crippen LogP contribution in [0.25, 0.3) is 0 Å². The number of nitrogens with zero attached hydrogens (tertiary/aromatic N) is 3. The van der Waals surface area contributed by atoms with E-state index in [1.54, 1.807) is 0 Å². The standard InChI is InChI=1S/C20H29N3O2/c1-21(2)12-13-22-10-9-18-15-23(11-8-17(18)14-19(22)24)20(25)16-6-4-3-5-7-16/h3-7,17-18H,8-15H2,1-2H3/t17-,18+/m0/s1. The van der Waals surface area contributed by atoms with Gasteiger partial charge in [-0.25, -0.2) is 0 Å². The van der Waals surface area contributed by atoms with Crippen LogP contribution < -0.4 is 0 Å². The van der Waals surface area contributed by atoms with Crippen LogP contribution >= 0.6 is 0 Å². The largest absolute Gasteiger partial charge is 0.341 e. The Morgan fingerprint density at radius 2 is 1.84 bits per heavy atom. The zero-order valence-electron chi connectivity index (χ0n) is 15.4. The summed E-state index contributed by atoms with van der Waals surface area (Å²) < 4.78 is 0. The van der Waals surface area contributed by atoms with Crippen molar-refractivity contribution in [3.05, 3.63) is 35.9 Å². The molecule has 1 aromatic rings. The number of piperidine rings is 1. The minimum absolute atomic E-state index is 0.124. The Bertz CT molecular complexity index is 602. The second-order valence-electron chi connectivity index (χ2n) is 7.60. The first-order valence-electron chi connectivity index (χ1n) is 9.31. The van der Waals surface area contributed by atoms with Crippen molar-refractivity contribution in [1.29, 1.82) is 0 Å². The number of amides is 2. The van der Waals surface area contributed by atoms with E-state index < -0.39 is 0 Å². The zero-order valence-corrected chi connectivity index (χ0v) is 15.4. The van der Waals surface area contributed by atoms with Gasteiger partial charge in [0.2, 0.25) is 5.91 Å². The predicted octanol–water partition coefficient (Wildman–Crippen LogP) is 1.95. The van der Waals surface area contributed by atoms with Crippen LogP contribution in [0.15, 0.2) is 30.3 Å². The van der Waals surface area contributed by atoms with E-state index in [-0.39, 0.29) is 11.8 Å². The average Bonchev–Trinajstić information content (AvgIpc) is 2.77. The van der Waals surface area contributed by atoms with Crippen LogP contribution in [0.3, 0.4) is 0 Å². The van der Waals surface area contributed by atoms with E-state index in [0.29, 0.717) is 18.3 Å². The molecule has 0 aliphatic carbocycles. The lowest BCUT2D eigenvalue weighted by Crippen LogP contribution is -2.43. The Balaban J connectivity index is 1.61. The lowest BCUT2D eigenvalue weighted by Gasteiger charge is -2.37. The molecule has 0 bridgehead atoms. The van der Waals surface area contributed by atoms with E-state index in [0.717, 1.165) is 51.1 Å². The van der Waals surface area contributed by atoms with Crippen LogP contribution in [-0.4, -0.2) is 73.3 Å². The van der Waals surface area contributed by atoms with Crippen LogP contribution in [0.2, 0.25) is 0 Å². The first-order chi connectivity index (χ1) is 12.0. The topological polar surface area (TPSA) is 43.9 Å². The third-order valence-electron chi connectivity index (χ3n) is 5.58. The summed E-state index contributed by atoms with van der Waals surface area (Å²) in [6.45, 7) is 4.08. The summed E-state index contributed by atoms with van der Waals surface area (Å²) in [5.74, 6) is 1.28. The van der Waals surface area contributed by atoms with Crippen LogP contribution in [0.4, 0.5) is 0 Å². The number of hydrogen-bond acceptors (Lipinski definition) is 3. The highest BCUT2D eigenvalue weighted by molar-refractivity contribution is 5.94. The van der Waals surface area contributed by atoms with Crippen LogP contribution in [-0.2, 0) is 4.79 Å². The van der Waals surface area contributed by atoms with Crippen LogP contribution in [0, 0.1) is 11.8 Å². The zero-order chi connectivity index (χ0) is 17.8. The van der Waals surface area contributed by atoms with Crippen molar-refractivity contribution in [2.45, 2.75) is 19.3 Å². The SMILES string of the molecule is CN(C)CCN1CC[C@@H]2CN(C(=O)c3ccccc3)CC[C@H]2CC1=O. The summed E-state index contributed by atoms with van der Waals surface area (Å²) >= 11 is 0. The third-order valence-corrected chi connectivity index (χ3v) is 5.58.